The van der Waals surface area contributed by atoms with Crippen LogP contribution in [-0.2, 0) is 14.8 Å². The molecular weight excluding hydrogens is 350 g/mol. The van der Waals surface area contributed by atoms with E-state index < -0.39 is 10.0 Å². The van der Waals surface area contributed by atoms with Gasteiger partial charge in [0.1, 0.15) is 0 Å². The summed E-state index contributed by atoms with van der Waals surface area (Å²) >= 11 is 0. The number of hydrogen-bond donors (Lipinski definition) is 1. The number of nitrogens with zero attached hydrogens (tertiary/aromatic N) is 2. The van der Waals surface area contributed by atoms with Crippen LogP contribution >= 0.6 is 0 Å². The number of likely N-dealkylation sites (N-methyl/N-ethyl adjacent to an activating group) is 1. The van der Waals surface area contributed by atoms with Gasteiger partial charge in [-0.15, -0.1) is 0 Å². The van der Waals surface area contributed by atoms with Crippen LogP contribution in [0.25, 0.3) is 0 Å². The van der Waals surface area contributed by atoms with Crippen LogP contribution < -0.4 is 5.32 Å². The summed E-state index contributed by atoms with van der Waals surface area (Å²) in [5, 5.41) is 3.28. The van der Waals surface area contributed by atoms with Crippen molar-refractivity contribution < 1.29 is 13.2 Å². The molecule has 0 spiro atoms. The summed E-state index contributed by atoms with van der Waals surface area (Å²) < 4.78 is 27.5. The Morgan fingerprint density at radius 2 is 1.88 bits per heavy atom. The van der Waals surface area contributed by atoms with E-state index in [4.69, 9.17) is 0 Å². The zero-order valence-corrected chi connectivity index (χ0v) is 16.7. The molecule has 1 aromatic carbocycles. The third-order valence-electron chi connectivity index (χ3n) is 5.68. The van der Waals surface area contributed by atoms with Gasteiger partial charge in [-0.2, -0.15) is 4.31 Å². The van der Waals surface area contributed by atoms with E-state index in [-0.39, 0.29) is 17.9 Å². The zero-order chi connectivity index (χ0) is 18.9. The lowest BCUT2D eigenvalue weighted by Crippen LogP contribution is -2.46. The van der Waals surface area contributed by atoms with Gasteiger partial charge in [0.15, 0.2) is 0 Å². The Bertz CT molecular complexity index is 764. The number of amides is 1. The number of hydrogen-bond acceptors (Lipinski definition) is 4. The largest absolute Gasteiger partial charge is 0.341 e. The summed E-state index contributed by atoms with van der Waals surface area (Å²) in [6, 6.07) is 5.69. The van der Waals surface area contributed by atoms with Crippen molar-refractivity contribution in [3.63, 3.8) is 0 Å². The lowest BCUT2D eigenvalue weighted by molar-refractivity contribution is -0.137. The summed E-state index contributed by atoms with van der Waals surface area (Å²) in [6.45, 7) is 6.40. The molecule has 0 radical (unpaired) electrons. The van der Waals surface area contributed by atoms with E-state index >= 15 is 0 Å². The highest BCUT2D eigenvalue weighted by Gasteiger charge is 2.35. The molecule has 6 nitrogen and oxygen atoms in total. The van der Waals surface area contributed by atoms with Gasteiger partial charge in [0.25, 0.3) is 0 Å². The maximum absolute atomic E-state index is 13.0. The number of aryl methyl sites for hydroxylation is 2. The molecule has 26 heavy (non-hydrogen) atoms. The van der Waals surface area contributed by atoms with E-state index in [0.29, 0.717) is 30.8 Å². The standard InChI is InChI=1S/C19H29N3O3S/c1-14-4-5-18(15(2)12-14)26(24,25)22-10-7-16(8-11-22)19(23)21(3)17-6-9-20-13-17/h4-5,12,16-17,20H,6-11,13H2,1-3H3. The second-order valence-corrected chi connectivity index (χ2v) is 9.45. The van der Waals surface area contributed by atoms with Crippen molar-refractivity contribution in [2.75, 3.05) is 33.2 Å². The SMILES string of the molecule is Cc1ccc(S(=O)(=O)N2CCC(C(=O)N(C)C3CCNC3)CC2)c(C)c1. The van der Waals surface area contributed by atoms with Crippen LogP contribution in [0.5, 0.6) is 0 Å². The fraction of sp³-hybridized carbons (Fsp3) is 0.632. The third kappa shape index (κ3) is 3.80. The van der Waals surface area contributed by atoms with Crippen molar-refractivity contribution >= 4 is 15.9 Å². The smallest absolute Gasteiger partial charge is 0.243 e. The first-order valence-corrected chi connectivity index (χ1v) is 10.8. The molecule has 1 aromatic rings. The lowest BCUT2D eigenvalue weighted by atomic mass is 9.96. The van der Waals surface area contributed by atoms with E-state index in [0.717, 1.165) is 30.6 Å². The minimum absolute atomic E-state index is 0.0776. The predicted octanol–water partition coefficient (Wildman–Crippen LogP) is 1.52. The second kappa shape index (κ2) is 7.66. The molecule has 7 heteroatoms. The molecule has 0 aliphatic carbocycles. The maximum atomic E-state index is 13.0. The van der Waals surface area contributed by atoms with E-state index in [9.17, 15) is 13.2 Å². The molecule has 2 saturated heterocycles. The van der Waals surface area contributed by atoms with Gasteiger partial charge < -0.3 is 10.2 Å². The molecule has 2 heterocycles. The van der Waals surface area contributed by atoms with Gasteiger partial charge >= 0.3 is 0 Å². The Morgan fingerprint density at radius 3 is 2.46 bits per heavy atom. The van der Waals surface area contributed by atoms with E-state index in [2.05, 4.69) is 5.32 Å². The molecule has 0 saturated carbocycles. The number of sulfonamides is 1. The summed E-state index contributed by atoms with van der Waals surface area (Å²) in [6.07, 6.45) is 2.17. The van der Waals surface area contributed by atoms with Gasteiger partial charge in [-0.3, -0.25) is 4.79 Å². The van der Waals surface area contributed by atoms with Crippen molar-refractivity contribution in [3.05, 3.63) is 29.3 Å². The van der Waals surface area contributed by atoms with E-state index in [1.54, 1.807) is 6.07 Å². The summed E-state index contributed by atoms with van der Waals surface area (Å²) in [5.74, 6) is 0.0772. The fourth-order valence-corrected chi connectivity index (χ4v) is 5.68. The van der Waals surface area contributed by atoms with Crippen molar-refractivity contribution in [1.29, 1.82) is 0 Å². The molecular formula is C19H29N3O3S. The number of nitrogens with one attached hydrogen (secondary N) is 1. The summed E-state index contributed by atoms with van der Waals surface area (Å²) in [7, 11) is -1.62. The molecule has 1 atom stereocenters. The Balaban J connectivity index is 1.65. The molecule has 1 amide bonds. The molecule has 0 bridgehead atoms. The molecule has 2 aliphatic heterocycles. The van der Waals surface area contributed by atoms with Gasteiger partial charge in [-0.1, -0.05) is 17.7 Å². The molecule has 3 rings (SSSR count). The second-order valence-electron chi connectivity index (χ2n) is 7.54. The minimum atomic E-state index is -3.50. The Kier molecular flexibility index (Phi) is 5.69. The minimum Gasteiger partial charge on any atom is -0.341 e. The highest BCUT2D eigenvalue weighted by Crippen LogP contribution is 2.27. The van der Waals surface area contributed by atoms with Crippen LogP contribution in [-0.4, -0.2) is 62.8 Å². The monoisotopic (exact) mass is 379 g/mol. The number of carbonyl (C=O) groups excluding carboxylic acids is 1. The van der Waals surface area contributed by atoms with Crippen molar-refractivity contribution in [2.45, 2.75) is 44.0 Å². The quantitative estimate of drug-likeness (QED) is 0.861. The lowest BCUT2D eigenvalue weighted by Gasteiger charge is -2.34. The highest BCUT2D eigenvalue weighted by atomic mass is 32.2. The molecule has 2 fully saturated rings. The summed E-state index contributed by atoms with van der Waals surface area (Å²) in [4.78, 5) is 15.0. The van der Waals surface area contributed by atoms with Crippen molar-refractivity contribution in [1.82, 2.24) is 14.5 Å². The van der Waals surface area contributed by atoms with Crippen LogP contribution in [0.2, 0.25) is 0 Å². The zero-order valence-electron chi connectivity index (χ0n) is 15.9. The van der Waals surface area contributed by atoms with Gasteiger partial charge in [0, 0.05) is 38.6 Å². The van der Waals surface area contributed by atoms with E-state index in [1.165, 1.54) is 4.31 Å². The van der Waals surface area contributed by atoms with Crippen LogP contribution in [0.3, 0.4) is 0 Å². The Morgan fingerprint density at radius 1 is 1.19 bits per heavy atom. The van der Waals surface area contributed by atoms with Gasteiger partial charge in [-0.25, -0.2) is 8.42 Å². The normalized spacial score (nSPS) is 22.5. The van der Waals surface area contributed by atoms with Gasteiger partial charge in [0.05, 0.1) is 4.90 Å². The molecule has 2 aliphatic rings. The van der Waals surface area contributed by atoms with Gasteiger partial charge in [-0.05, 0) is 51.3 Å². The Hall–Kier alpha value is -1.44. The predicted molar refractivity (Wildman–Crippen MR) is 101 cm³/mol. The van der Waals surface area contributed by atoms with Crippen molar-refractivity contribution in [3.8, 4) is 0 Å². The van der Waals surface area contributed by atoms with Crippen LogP contribution in [0.4, 0.5) is 0 Å². The average Bonchev–Trinajstić information content (AvgIpc) is 3.15. The molecule has 1 N–H and O–H groups in total. The summed E-state index contributed by atoms with van der Waals surface area (Å²) in [5.41, 5.74) is 1.83. The molecule has 144 valence electrons. The van der Waals surface area contributed by atoms with Crippen LogP contribution in [0.15, 0.2) is 23.1 Å². The van der Waals surface area contributed by atoms with Gasteiger partial charge in [0.2, 0.25) is 15.9 Å². The topological polar surface area (TPSA) is 69.7 Å². The number of rotatable bonds is 4. The Labute approximate surface area is 156 Å². The van der Waals surface area contributed by atoms with Crippen LogP contribution in [0, 0.1) is 19.8 Å². The number of piperidine rings is 1. The van der Waals surface area contributed by atoms with E-state index in [1.807, 2.05) is 37.9 Å². The molecule has 0 aromatic heterocycles. The fourth-order valence-electron chi connectivity index (χ4n) is 4.01. The first kappa shape index (κ1) is 19.3. The highest BCUT2D eigenvalue weighted by molar-refractivity contribution is 7.89. The molecule has 1 unspecified atom stereocenters. The first-order chi connectivity index (χ1) is 12.3. The maximum Gasteiger partial charge on any atom is 0.243 e. The number of carbonyl (C=O) groups is 1. The average molecular weight is 380 g/mol. The number of benzene rings is 1. The van der Waals surface area contributed by atoms with Crippen molar-refractivity contribution in [2.24, 2.45) is 5.92 Å². The first-order valence-electron chi connectivity index (χ1n) is 9.35. The third-order valence-corrected chi connectivity index (χ3v) is 7.74. The van der Waals surface area contributed by atoms with Crippen LogP contribution in [0.1, 0.15) is 30.4 Å².